The molecule has 7 N–H and O–H groups in total. The molecule has 0 saturated heterocycles. The van der Waals surface area contributed by atoms with Crippen molar-refractivity contribution in [2.75, 3.05) is 0 Å². The van der Waals surface area contributed by atoms with E-state index in [0.29, 0.717) is 24.3 Å². The first-order valence-corrected chi connectivity index (χ1v) is 16.3. The third-order valence-electron chi connectivity index (χ3n) is 8.15. The highest BCUT2D eigenvalue weighted by Crippen LogP contribution is 2.34. The van der Waals surface area contributed by atoms with Crippen molar-refractivity contribution in [3.8, 4) is 0 Å². The molecule has 46 heavy (non-hydrogen) atoms. The monoisotopic (exact) mass is 655 g/mol. The van der Waals surface area contributed by atoms with Gasteiger partial charge in [0.05, 0.1) is 17.0 Å². The van der Waals surface area contributed by atoms with Crippen LogP contribution in [0.5, 0.6) is 0 Å². The number of nitro benzene ring substituents is 1. The Balaban J connectivity index is 1.77. The maximum absolute atomic E-state index is 13.7. The first-order valence-electron chi connectivity index (χ1n) is 15.9. The number of hydrogen-bond donors (Lipinski definition) is 5. The second-order valence-corrected chi connectivity index (χ2v) is 12.7. The van der Waals surface area contributed by atoms with E-state index in [2.05, 4.69) is 20.9 Å². The number of guanidine groups is 1. The third kappa shape index (κ3) is 10.7. The first-order chi connectivity index (χ1) is 21.9. The molecule has 3 amide bonds. The number of nitrogens with one attached hydrogen (secondary N) is 3. The molecule has 1 aliphatic rings. The van der Waals surface area contributed by atoms with E-state index in [1.54, 1.807) is 0 Å². The number of unbranched alkanes of at least 4 members (excludes halogenated alkanes) is 1. The Labute approximate surface area is 275 Å². The molecule has 1 saturated carbocycles. The fraction of sp³-hybridized carbons (Fsp3) is 0.515. The standard InChI is InChI=1S/C33H46ClN7O5/c1-4-5-12-27(39-30(42)22-14-15-23(19-37-33(35)36)29(18-22)41(45)46)31(43)40-28(16-20(2)3)32(44)38-26-13-7-6-11-25(26)21-9-8-10-24(34)17-21/h8-10,14-15,17-18,20,25-28H,4-7,11-13,16,19H2,1-3H3,(H,38,44)(H,39,42)(H,40,43)(H4,35,36,37)/t25-,26+,27-,28-/m0/s1. The van der Waals surface area contributed by atoms with Crippen LogP contribution >= 0.6 is 11.6 Å². The molecule has 0 heterocycles. The maximum atomic E-state index is 13.7. The molecule has 2 aromatic carbocycles. The summed E-state index contributed by atoms with van der Waals surface area (Å²) in [5.41, 5.74) is 11.7. The van der Waals surface area contributed by atoms with Crippen molar-refractivity contribution in [3.05, 3.63) is 74.3 Å². The minimum absolute atomic E-state index is 0.00952. The van der Waals surface area contributed by atoms with E-state index in [9.17, 15) is 24.5 Å². The van der Waals surface area contributed by atoms with Crippen LogP contribution in [0.15, 0.2) is 47.5 Å². The van der Waals surface area contributed by atoms with Crippen LogP contribution in [0.25, 0.3) is 0 Å². The maximum Gasteiger partial charge on any atom is 0.275 e. The van der Waals surface area contributed by atoms with Crippen LogP contribution in [0.4, 0.5) is 5.69 Å². The van der Waals surface area contributed by atoms with Gasteiger partial charge in [0.15, 0.2) is 5.96 Å². The van der Waals surface area contributed by atoms with E-state index in [0.717, 1.165) is 43.7 Å². The molecule has 1 fully saturated rings. The number of carbonyl (C=O) groups is 3. The van der Waals surface area contributed by atoms with Crippen molar-refractivity contribution in [1.82, 2.24) is 16.0 Å². The Kier molecular flexibility index (Phi) is 13.8. The van der Waals surface area contributed by atoms with Gasteiger partial charge >= 0.3 is 0 Å². The zero-order valence-electron chi connectivity index (χ0n) is 26.8. The Bertz CT molecular complexity index is 1410. The quantitative estimate of drug-likeness (QED) is 0.0794. The molecule has 0 bridgehead atoms. The van der Waals surface area contributed by atoms with E-state index >= 15 is 0 Å². The van der Waals surface area contributed by atoms with Crippen LogP contribution < -0.4 is 27.4 Å². The zero-order chi connectivity index (χ0) is 33.8. The van der Waals surface area contributed by atoms with Crippen LogP contribution in [0.3, 0.4) is 0 Å². The molecule has 0 aliphatic heterocycles. The van der Waals surface area contributed by atoms with Crippen molar-refractivity contribution < 1.29 is 19.3 Å². The third-order valence-corrected chi connectivity index (χ3v) is 8.39. The van der Waals surface area contributed by atoms with Crippen LogP contribution in [-0.4, -0.2) is 46.7 Å². The van der Waals surface area contributed by atoms with Gasteiger partial charge in [-0.05, 0) is 61.4 Å². The summed E-state index contributed by atoms with van der Waals surface area (Å²) in [6.45, 7) is 5.79. The van der Waals surface area contributed by atoms with Gasteiger partial charge in [-0.2, -0.15) is 0 Å². The normalized spacial score (nSPS) is 17.4. The minimum Gasteiger partial charge on any atom is -0.370 e. The number of nitro groups is 1. The fourth-order valence-electron chi connectivity index (χ4n) is 5.80. The fourth-order valence-corrected chi connectivity index (χ4v) is 6.00. The SMILES string of the molecule is CCCC[C@H](NC(=O)c1ccc(CN=C(N)N)c([N+](=O)[O-])c1)C(=O)N[C@@H](CC(C)C)C(=O)N[C@@H]1CCCC[C@H]1c1cccc(Cl)c1. The molecule has 2 aromatic rings. The van der Waals surface area contributed by atoms with Crippen molar-refractivity contribution in [1.29, 1.82) is 0 Å². The number of carbonyl (C=O) groups excluding carboxylic acids is 3. The average Bonchev–Trinajstić information content (AvgIpc) is 3.01. The number of halogens is 1. The molecule has 4 atom stereocenters. The highest BCUT2D eigenvalue weighted by molar-refractivity contribution is 6.30. The van der Waals surface area contributed by atoms with Gasteiger partial charge in [-0.1, -0.05) is 70.2 Å². The van der Waals surface area contributed by atoms with Crippen molar-refractivity contribution in [3.63, 3.8) is 0 Å². The van der Waals surface area contributed by atoms with E-state index in [1.807, 2.05) is 45.0 Å². The molecule has 250 valence electrons. The van der Waals surface area contributed by atoms with Gasteiger partial charge < -0.3 is 27.4 Å². The lowest BCUT2D eigenvalue weighted by Gasteiger charge is -2.34. The Morgan fingerprint density at radius 3 is 2.43 bits per heavy atom. The Morgan fingerprint density at radius 1 is 1.04 bits per heavy atom. The molecular weight excluding hydrogens is 610 g/mol. The summed E-state index contributed by atoms with van der Waals surface area (Å²) in [5, 5.41) is 21.2. The second kappa shape index (κ2) is 17.5. The Morgan fingerprint density at radius 2 is 1.78 bits per heavy atom. The largest absolute Gasteiger partial charge is 0.370 e. The predicted molar refractivity (Wildman–Crippen MR) is 179 cm³/mol. The molecule has 1 aliphatic carbocycles. The van der Waals surface area contributed by atoms with E-state index in [4.69, 9.17) is 23.1 Å². The van der Waals surface area contributed by atoms with Crippen molar-refractivity contribution in [2.45, 2.75) is 103 Å². The molecule has 3 rings (SSSR count). The lowest BCUT2D eigenvalue weighted by Crippen LogP contribution is -2.56. The highest BCUT2D eigenvalue weighted by atomic mass is 35.5. The topological polar surface area (TPSA) is 195 Å². The molecule has 0 aromatic heterocycles. The Hall–Kier alpha value is -4.19. The minimum atomic E-state index is -0.954. The predicted octanol–water partition coefficient (Wildman–Crippen LogP) is 4.68. The lowest BCUT2D eigenvalue weighted by atomic mass is 9.80. The summed E-state index contributed by atoms with van der Waals surface area (Å²) in [7, 11) is 0. The lowest BCUT2D eigenvalue weighted by molar-refractivity contribution is -0.385. The number of hydrogen-bond acceptors (Lipinski definition) is 6. The molecule has 13 heteroatoms. The second-order valence-electron chi connectivity index (χ2n) is 12.3. The van der Waals surface area contributed by atoms with Crippen LogP contribution in [0.1, 0.15) is 99.5 Å². The summed E-state index contributed by atoms with van der Waals surface area (Å²) in [4.78, 5) is 55.5. The smallest absolute Gasteiger partial charge is 0.275 e. The summed E-state index contributed by atoms with van der Waals surface area (Å²) in [6.07, 6.45) is 5.92. The van der Waals surface area contributed by atoms with Crippen LogP contribution in [0.2, 0.25) is 5.02 Å². The molecular formula is C33H46ClN7O5. The molecule has 12 nitrogen and oxygen atoms in total. The van der Waals surface area contributed by atoms with E-state index < -0.39 is 28.8 Å². The van der Waals surface area contributed by atoms with Gasteiger partial charge in [0, 0.05) is 28.6 Å². The molecule has 0 spiro atoms. The summed E-state index contributed by atoms with van der Waals surface area (Å²) in [5.74, 6) is -1.41. The summed E-state index contributed by atoms with van der Waals surface area (Å²) in [6, 6.07) is 9.81. The van der Waals surface area contributed by atoms with Gasteiger partial charge in [-0.3, -0.25) is 24.5 Å². The van der Waals surface area contributed by atoms with Crippen LogP contribution in [-0.2, 0) is 16.1 Å². The number of aliphatic imine (C=N–C) groups is 1. The molecule has 0 unspecified atom stereocenters. The summed E-state index contributed by atoms with van der Waals surface area (Å²) >= 11 is 6.27. The number of nitrogens with zero attached hydrogens (tertiary/aromatic N) is 2. The van der Waals surface area contributed by atoms with Gasteiger partial charge in [-0.25, -0.2) is 4.99 Å². The zero-order valence-corrected chi connectivity index (χ0v) is 27.5. The van der Waals surface area contributed by atoms with Crippen molar-refractivity contribution in [2.24, 2.45) is 22.4 Å². The number of benzene rings is 2. The number of amides is 3. The molecule has 0 radical (unpaired) electrons. The number of nitrogens with two attached hydrogens (primary N) is 2. The summed E-state index contributed by atoms with van der Waals surface area (Å²) < 4.78 is 0. The first kappa shape index (κ1) is 36.3. The van der Waals surface area contributed by atoms with Gasteiger partial charge in [0.1, 0.15) is 12.1 Å². The van der Waals surface area contributed by atoms with Crippen LogP contribution in [0, 0.1) is 16.0 Å². The van der Waals surface area contributed by atoms with Crippen molar-refractivity contribution >= 4 is 41.0 Å². The van der Waals surface area contributed by atoms with Gasteiger partial charge in [0.25, 0.3) is 11.6 Å². The number of rotatable bonds is 15. The van der Waals surface area contributed by atoms with E-state index in [-0.39, 0.29) is 53.1 Å². The van der Waals surface area contributed by atoms with E-state index in [1.165, 1.54) is 12.1 Å². The van der Waals surface area contributed by atoms with Gasteiger partial charge in [0.2, 0.25) is 11.8 Å². The van der Waals surface area contributed by atoms with Gasteiger partial charge in [-0.15, -0.1) is 0 Å². The average molecular weight is 656 g/mol. The highest BCUT2D eigenvalue weighted by Gasteiger charge is 2.32.